The number of hydrogen-bond donors (Lipinski definition) is 0. The highest BCUT2D eigenvalue weighted by atomic mass is 79.9. The first-order chi connectivity index (χ1) is 8.24. The van der Waals surface area contributed by atoms with E-state index >= 15 is 0 Å². The van der Waals surface area contributed by atoms with Crippen molar-refractivity contribution >= 4 is 33.0 Å². The lowest BCUT2D eigenvalue weighted by Crippen LogP contribution is -1.93. The van der Waals surface area contributed by atoms with Gasteiger partial charge >= 0.3 is 0 Å². The molecule has 0 heterocycles. The Kier molecular flexibility index (Phi) is 3.79. The van der Waals surface area contributed by atoms with Gasteiger partial charge in [-0.3, -0.25) is 0 Å². The summed E-state index contributed by atoms with van der Waals surface area (Å²) in [7, 11) is 1.66. The molecule has 3 heteroatoms. The predicted molar refractivity (Wildman–Crippen MR) is 72.6 cm³/mol. The highest BCUT2D eigenvalue weighted by Crippen LogP contribution is 2.28. The molecule has 0 unspecified atom stereocenters. The number of methoxy groups -OCH3 is 1. The minimum absolute atomic E-state index is 0.524. The molecule has 0 bridgehead atoms. The second-order valence-corrected chi connectivity index (χ2v) is 4.78. The summed E-state index contributed by atoms with van der Waals surface area (Å²) >= 11 is 3.46. The average Bonchev–Trinajstić information content (AvgIpc) is 2.35. The van der Waals surface area contributed by atoms with Gasteiger partial charge in [0, 0.05) is 10.9 Å². The van der Waals surface area contributed by atoms with E-state index in [9.17, 15) is 4.79 Å². The number of rotatable bonds is 4. The van der Waals surface area contributed by atoms with E-state index in [4.69, 9.17) is 4.74 Å². The SMILES string of the molecule is COc1cc2ccc(Br)cc2cc1CCC=O. The second-order valence-electron chi connectivity index (χ2n) is 3.86. The molecule has 2 nitrogen and oxygen atoms in total. The van der Waals surface area contributed by atoms with Crippen LogP contribution in [-0.2, 0) is 11.2 Å². The van der Waals surface area contributed by atoms with Gasteiger partial charge in [0.15, 0.2) is 0 Å². The van der Waals surface area contributed by atoms with Gasteiger partial charge in [-0.15, -0.1) is 0 Å². The number of carbonyl (C=O) groups excluding carboxylic acids is 1. The third-order valence-corrected chi connectivity index (χ3v) is 3.23. The molecule has 0 aliphatic carbocycles. The van der Waals surface area contributed by atoms with Crippen LogP contribution >= 0.6 is 15.9 Å². The number of halogens is 1. The van der Waals surface area contributed by atoms with E-state index in [1.807, 2.05) is 18.2 Å². The van der Waals surface area contributed by atoms with Gasteiger partial charge in [0.1, 0.15) is 12.0 Å². The maximum Gasteiger partial charge on any atom is 0.122 e. The summed E-state index contributed by atoms with van der Waals surface area (Å²) in [6, 6.07) is 10.2. The summed E-state index contributed by atoms with van der Waals surface area (Å²) in [5.74, 6) is 0.849. The molecule has 0 radical (unpaired) electrons. The van der Waals surface area contributed by atoms with E-state index in [2.05, 4.69) is 28.1 Å². The number of aldehydes is 1. The van der Waals surface area contributed by atoms with Crippen molar-refractivity contribution in [2.45, 2.75) is 12.8 Å². The summed E-state index contributed by atoms with van der Waals surface area (Å²) in [6.07, 6.45) is 2.18. The lowest BCUT2D eigenvalue weighted by atomic mass is 10.0. The van der Waals surface area contributed by atoms with Crippen LogP contribution in [0.25, 0.3) is 10.8 Å². The molecule has 2 aromatic rings. The van der Waals surface area contributed by atoms with Crippen molar-refractivity contribution in [2.24, 2.45) is 0 Å². The first-order valence-corrected chi connectivity index (χ1v) is 6.23. The molecule has 0 atom stereocenters. The van der Waals surface area contributed by atoms with Gasteiger partial charge < -0.3 is 9.53 Å². The fourth-order valence-corrected chi connectivity index (χ4v) is 2.27. The van der Waals surface area contributed by atoms with Crippen LogP contribution in [0.1, 0.15) is 12.0 Å². The maximum absolute atomic E-state index is 10.4. The van der Waals surface area contributed by atoms with Crippen molar-refractivity contribution in [3.8, 4) is 5.75 Å². The number of ether oxygens (including phenoxy) is 1. The van der Waals surface area contributed by atoms with E-state index < -0.39 is 0 Å². The third kappa shape index (κ3) is 2.67. The summed E-state index contributed by atoms with van der Waals surface area (Å²) in [5, 5.41) is 2.29. The highest BCUT2D eigenvalue weighted by molar-refractivity contribution is 9.10. The molecule has 0 aliphatic heterocycles. The molecule has 0 fully saturated rings. The Balaban J connectivity index is 2.52. The van der Waals surface area contributed by atoms with Gasteiger partial charge in [-0.2, -0.15) is 0 Å². The Morgan fingerprint density at radius 3 is 2.76 bits per heavy atom. The Morgan fingerprint density at radius 1 is 1.24 bits per heavy atom. The van der Waals surface area contributed by atoms with Crippen molar-refractivity contribution < 1.29 is 9.53 Å². The quantitative estimate of drug-likeness (QED) is 0.803. The molecule has 0 N–H and O–H groups in total. The summed E-state index contributed by atoms with van der Waals surface area (Å²) < 4.78 is 6.41. The lowest BCUT2D eigenvalue weighted by Gasteiger charge is -2.09. The monoisotopic (exact) mass is 292 g/mol. The van der Waals surface area contributed by atoms with E-state index in [1.54, 1.807) is 7.11 Å². The van der Waals surface area contributed by atoms with Gasteiger partial charge in [-0.25, -0.2) is 0 Å². The molecule has 88 valence electrons. The molecule has 0 spiro atoms. The Hall–Kier alpha value is -1.35. The lowest BCUT2D eigenvalue weighted by molar-refractivity contribution is -0.107. The van der Waals surface area contributed by atoms with Crippen molar-refractivity contribution in [1.29, 1.82) is 0 Å². The van der Waals surface area contributed by atoms with Gasteiger partial charge in [-0.1, -0.05) is 22.0 Å². The van der Waals surface area contributed by atoms with E-state index in [1.165, 1.54) is 0 Å². The number of aryl methyl sites for hydroxylation is 1. The minimum Gasteiger partial charge on any atom is -0.496 e. The van der Waals surface area contributed by atoms with Crippen molar-refractivity contribution in [3.05, 3.63) is 40.4 Å². The molecule has 0 saturated carbocycles. The van der Waals surface area contributed by atoms with Crippen molar-refractivity contribution in [1.82, 2.24) is 0 Å². The predicted octanol–water partition coefficient (Wildman–Crippen LogP) is 3.74. The molecule has 2 aromatic carbocycles. The fraction of sp³-hybridized carbons (Fsp3) is 0.214. The van der Waals surface area contributed by atoms with Gasteiger partial charge in [0.25, 0.3) is 0 Å². The largest absolute Gasteiger partial charge is 0.496 e. The van der Waals surface area contributed by atoms with Crippen LogP contribution in [-0.4, -0.2) is 13.4 Å². The summed E-state index contributed by atoms with van der Waals surface area (Å²) in [4.78, 5) is 10.4. The van der Waals surface area contributed by atoms with E-state index in [0.29, 0.717) is 6.42 Å². The standard InChI is InChI=1S/C14H13BrO2/c1-17-14-9-10-4-5-13(15)8-12(10)7-11(14)3-2-6-16/h4-9H,2-3H2,1H3. The minimum atomic E-state index is 0.524. The topological polar surface area (TPSA) is 26.3 Å². The number of carbonyl (C=O) groups is 1. The van der Waals surface area contributed by atoms with Crippen LogP contribution in [0, 0.1) is 0 Å². The fourth-order valence-electron chi connectivity index (χ4n) is 1.89. The zero-order valence-electron chi connectivity index (χ0n) is 9.57. The zero-order valence-corrected chi connectivity index (χ0v) is 11.2. The molecule has 0 saturated heterocycles. The molecule has 17 heavy (non-hydrogen) atoms. The third-order valence-electron chi connectivity index (χ3n) is 2.73. The van der Waals surface area contributed by atoms with Crippen molar-refractivity contribution in [3.63, 3.8) is 0 Å². The van der Waals surface area contributed by atoms with Crippen LogP contribution < -0.4 is 4.74 Å². The average molecular weight is 293 g/mol. The summed E-state index contributed by atoms with van der Waals surface area (Å²) in [6.45, 7) is 0. The van der Waals surface area contributed by atoms with Crippen LogP contribution in [0.5, 0.6) is 5.75 Å². The molecular weight excluding hydrogens is 280 g/mol. The van der Waals surface area contributed by atoms with Gasteiger partial charge in [0.05, 0.1) is 7.11 Å². The Labute approximate surface area is 109 Å². The molecular formula is C14H13BrO2. The highest BCUT2D eigenvalue weighted by Gasteiger charge is 2.05. The first-order valence-electron chi connectivity index (χ1n) is 5.44. The molecule has 0 amide bonds. The van der Waals surface area contributed by atoms with E-state index in [-0.39, 0.29) is 0 Å². The maximum atomic E-state index is 10.4. The van der Waals surface area contributed by atoms with Crippen LogP contribution in [0.4, 0.5) is 0 Å². The first kappa shape index (κ1) is 12.1. The normalized spacial score (nSPS) is 10.5. The van der Waals surface area contributed by atoms with Crippen LogP contribution in [0.2, 0.25) is 0 Å². The second kappa shape index (κ2) is 5.32. The molecule has 0 aromatic heterocycles. The smallest absolute Gasteiger partial charge is 0.122 e. The van der Waals surface area contributed by atoms with E-state index in [0.717, 1.165) is 39.3 Å². The molecule has 2 rings (SSSR count). The van der Waals surface area contributed by atoms with Gasteiger partial charge in [0.2, 0.25) is 0 Å². The van der Waals surface area contributed by atoms with Crippen molar-refractivity contribution in [2.75, 3.05) is 7.11 Å². The van der Waals surface area contributed by atoms with Crippen LogP contribution in [0.15, 0.2) is 34.8 Å². The Bertz CT molecular complexity index is 549. The van der Waals surface area contributed by atoms with Gasteiger partial charge in [-0.05, 0) is 47.0 Å². The summed E-state index contributed by atoms with van der Waals surface area (Å²) in [5.41, 5.74) is 1.07. The van der Waals surface area contributed by atoms with Crippen LogP contribution in [0.3, 0.4) is 0 Å². The number of hydrogen-bond acceptors (Lipinski definition) is 2. The zero-order chi connectivity index (χ0) is 12.3. The number of benzene rings is 2. The molecule has 0 aliphatic rings. The Morgan fingerprint density at radius 2 is 2.06 bits per heavy atom. The number of fused-ring (bicyclic) bond motifs is 1.